The first-order valence-electron chi connectivity index (χ1n) is 4.28. The van der Waals surface area contributed by atoms with Crippen LogP contribution in [0.1, 0.15) is 26.7 Å². The number of amides is 2. The highest BCUT2D eigenvalue weighted by Crippen LogP contribution is 2.04. The van der Waals surface area contributed by atoms with Crippen molar-refractivity contribution in [2.24, 2.45) is 5.73 Å². The zero-order valence-electron chi connectivity index (χ0n) is 8.29. The van der Waals surface area contributed by atoms with Gasteiger partial charge in [-0.1, -0.05) is 13.3 Å². The van der Waals surface area contributed by atoms with Crippen LogP contribution in [-0.2, 0) is 9.63 Å². The van der Waals surface area contributed by atoms with Crippen LogP contribution < -0.4 is 11.2 Å². The fraction of sp³-hybridized carbons (Fsp3) is 0.444. The van der Waals surface area contributed by atoms with E-state index in [9.17, 15) is 9.59 Å². The second kappa shape index (κ2) is 6.74. The Kier molecular flexibility index (Phi) is 5.90. The van der Waals surface area contributed by atoms with Crippen molar-refractivity contribution in [2.45, 2.75) is 26.7 Å². The summed E-state index contributed by atoms with van der Waals surface area (Å²) in [5.74, 6) is -0.635. The van der Waals surface area contributed by atoms with Gasteiger partial charge in [-0.15, -0.1) is 5.73 Å². The summed E-state index contributed by atoms with van der Waals surface area (Å²) in [5, 5.41) is 0. The molecular formula is C9H14N2O3. The largest absolute Gasteiger partial charge is 0.366 e. The van der Waals surface area contributed by atoms with Crippen LogP contribution in [0.4, 0.5) is 4.79 Å². The molecule has 0 atom stereocenters. The molecule has 14 heavy (non-hydrogen) atoms. The van der Waals surface area contributed by atoms with Gasteiger partial charge in [-0.3, -0.25) is 0 Å². The topological polar surface area (TPSA) is 81.4 Å². The predicted octanol–water partition coefficient (Wildman–Crippen LogP) is 1.01. The molecule has 0 radical (unpaired) electrons. The Morgan fingerprint density at radius 2 is 2.21 bits per heavy atom. The third kappa shape index (κ3) is 5.00. The number of carbonyl (C=O) groups excluding carboxylic acids is 2. The van der Waals surface area contributed by atoms with Gasteiger partial charge in [-0.2, -0.15) is 5.48 Å². The summed E-state index contributed by atoms with van der Waals surface area (Å²) < 4.78 is 0. The molecule has 0 aliphatic heterocycles. The number of carbonyl (C=O) groups is 2. The molecule has 0 aromatic heterocycles. The minimum absolute atomic E-state index is 0.378. The molecule has 0 aromatic rings. The maximum absolute atomic E-state index is 11.2. The molecule has 0 aromatic carbocycles. The van der Waals surface area contributed by atoms with Crippen molar-refractivity contribution in [1.82, 2.24) is 5.48 Å². The first-order valence-corrected chi connectivity index (χ1v) is 4.28. The average molecular weight is 198 g/mol. The maximum atomic E-state index is 11.2. The van der Waals surface area contributed by atoms with E-state index in [0.717, 1.165) is 6.42 Å². The predicted molar refractivity (Wildman–Crippen MR) is 51.0 cm³/mol. The maximum Gasteiger partial charge on any atom is 0.366 e. The van der Waals surface area contributed by atoms with Gasteiger partial charge < -0.3 is 10.6 Å². The number of rotatable bonds is 3. The number of primary amides is 1. The molecule has 0 bridgehead atoms. The molecule has 0 aliphatic rings. The molecule has 0 unspecified atom stereocenters. The van der Waals surface area contributed by atoms with Gasteiger partial charge in [0.1, 0.15) is 0 Å². The Balaban J connectivity index is 4.31. The summed E-state index contributed by atoms with van der Waals surface area (Å²) in [6.07, 6.45) is 2.95. The summed E-state index contributed by atoms with van der Waals surface area (Å²) in [5.41, 5.74) is 9.59. The minimum atomic E-state index is -0.908. The highest BCUT2D eigenvalue weighted by atomic mass is 16.7. The van der Waals surface area contributed by atoms with E-state index in [1.54, 1.807) is 18.5 Å². The zero-order chi connectivity index (χ0) is 11.0. The van der Waals surface area contributed by atoms with Gasteiger partial charge in [0.25, 0.3) is 0 Å². The van der Waals surface area contributed by atoms with Crippen LogP contribution in [-0.4, -0.2) is 12.0 Å². The van der Waals surface area contributed by atoms with Gasteiger partial charge in [0.05, 0.1) is 5.57 Å². The number of hydrogen-bond donors (Lipinski definition) is 2. The summed E-state index contributed by atoms with van der Waals surface area (Å²) in [7, 11) is 0. The SMILES string of the molecule is CC=C=C(CCC)C(=O)ONC(N)=O. The molecule has 3 N–H and O–H groups in total. The Labute approximate surface area is 82.6 Å². The number of hydroxylamine groups is 1. The fourth-order valence-corrected chi connectivity index (χ4v) is 0.816. The molecular weight excluding hydrogens is 184 g/mol. The molecule has 0 saturated carbocycles. The molecule has 5 heteroatoms. The van der Waals surface area contributed by atoms with Crippen LogP contribution in [0.2, 0.25) is 0 Å². The first-order chi connectivity index (χ1) is 6.61. The van der Waals surface area contributed by atoms with Crippen molar-refractivity contribution in [1.29, 1.82) is 0 Å². The number of nitrogens with two attached hydrogens (primary N) is 1. The van der Waals surface area contributed by atoms with Crippen molar-refractivity contribution in [2.75, 3.05) is 0 Å². The Hall–Kier alpha value is -1.74. The van der Waals surface area contributed by atoms with Crippen molar-refractivity contribution in [3.63, 3.8) is 0 Å². The average Bonchev–Trinajstić information content (AvgIpc) is 2.14. The summed E-state index contributed by atoms with van der Waals surface area (Å²) in [6.45, 7) is 3.66. The van der Waals surface area contributed by atoms with Crippen molar-refractivity contribution in [3.8, 4) is 0 Å². The van der Waals surface area contributed by atoms with E-state index < -0.39 is 12.0 Å². The number of hydrogen-bond acceptors (Lipinski definition) is 3. The highest BCUT2D eigenvalue weighted by Gasteiger charge is 2.10. The third-order valence-corrected chi connectivity index (χ3v) is 1.31. The zero-order valence-corrected chi connectivity index (χ0v) is 8.29. The molecule has 0 spiro atoms. The summed E-state index contributed by atoms with van der Waals surface area (Å²) in [4.78, 5) is 25.8. The van der Waals surface area contributed by atoms with Crippen molar-refractivity contribution < 1.29 is 14.4 Å². The van der Waals surface area contributed by atoms with Gasteiger partial charge in [-0.25, -0.2) is 9.59 Å². The lowest BCUT2D eigenvalue weighted by atomic mass is 10.1. The van der Waals surface area contributed by atoms with E-state index in [1.165, 1.54) is 0 Å². The van der Waals surface area contributed by atoms with E-state index in [-0.39, 0.29) is 0 Å². The lowest BCUT2D eigenvalue weighted by Crippen LogP contribution is -2.32. The van der Waals surface area contributed by atoms with Crippen LogP contribution in [0.15, 0.2) is 17.4 Å². The molecule has 5 nitrogen and oxygen atoms in total. The van der Waals surface area contributed by atoms with Gasteiger partial charge in [-0.05, 0) is 19.4 Å². The molecule has 0 fully saturated rings. The minimum Gasteiger partial charge on any atom is -0.349 e. The van der Waals surface area contributed by atoms with E-state index in [0.29, 0.717) is 12.0 Å². The van der Waals surface area contributed by atoms with Crippen molar-refractivity contribution >= 4 is 12.0 Å². The number of urea groups is 1. The fourth-order valence-electron chi connectivity index (χ4n) is 0.816. The molecule has 0 saturated heterocycles. The molecule has 0 rings (SSSR count). The van der Waals surface area contributed by atoms with E-state index in [1.807, 2.05) is 6.92 Å². The molecule has 78 valence electrons. The number of nitrogens with one attached hydrogen (secondary N) is 1. The standard InChI is InChI=1S/C9H14N2O3/c1-3-5-7(6-4-2)8(12)14-11-9(10)13/h3H,4,6H2,1-2H3,(H3,10,11,13). The second-order valence-electron chi connectivity index (χ2n) is 2.52. The second-order valence-corrected chi connectivity index (χ2v) is 2.52. The molecule has 0 aliphatic carbocycles. The van der Waals surface area contributed by atoms with Gasteiger partial charge in [0, 0.05) is 0 Å². The van der Waals surface area contributed by atoms with Crippen LogP contribution in [0, 0.1) is 0 Å². The Morgan fingerprint density at radius 1 is 1.57 bits per heavy atom. The highest BCUT2D eigenvalue weighted by molar-refractivity contribution is 5.89. The quantitative estimate of drug-likeness (QED) is 0.403. The van der Waals surface area contributed by atoms with Gasteiger partial charge in [0.2, 0.25) is 0 Å². The van der Waals surface area contributed by atoms with E-state index in [2.05, 4.69) is 10.6 Å². The van der Waals surface area contributed by atoms with Crippen LogP contribution in [0.5, 0.6) is 0 Å². The third-order valence-electron chi connectivity index (χ3n) is 1.31. The van der Waals surface area contributed by atoms with E-state index >= 15 is 0 Å². The lowest BCUT2D eigenvalue weighted by molar-refractivity contribution is -0.144. The Morgan fingerprint density at radius 3 is 2.64 bits per heavy atom. The Bertz CT molecular complexity index is 278. The van der Waals surface area contributed by atoms with Crippen LogP contribution >= 0.6 is 0 Å². The van der Waals surface area contributed by atoms with E-state index in [4.69, 9.17) is 5.73 Å². The molecule has 0 heterocycles. The normalized spacial score (nSPS) is 8.43. The monoisotopic (exact) mass is 198 g/mol. The van der Waals surface area contributed by atoms with Gasteiger partial charge in [0.15, 0.2) is 0 Å². The van der Waals surface area contributed by atoms with Crippen LogP contribution in [0.3, 0.4) is 0 Å². The lowest BCUT2D eigenvalue weighted by Gasteiger charge is -2.03. The van der Waals surface area contributed by atoms with Crippen LogP contribution in [0.25, 0.3) is 0 Å². The van der Waals surface area contributed by atoms with Gasteiger partial charge >= 0.3 is 12.0 Å². The first kappa shape index (κ1) is 12.3. The summed E-state index contributed by atoms with van der Waals surface area (Å²) >= 11 is 0. The summed E-state index contributed by atoms with van der Waals surface area (Å²) in [6, 6.07) is -0.908. The van der Waals surface area contributed by atoms with Crippen molar-refractivity contribution in [3.05, 3.63) is 17.4 Å². The smallest absolute Gasteiger partial charge is 0.349 e. The molecule has 2 amide bonds.